The van der Waals surface area contributed by atoms with Crippen molar-refractivity contribution in [2.45, 2.75) is 24.8 Å². The van der Waals surface area contributed by atoms with Gasteiger partial charge in [0.05, 0.1) is 16.2 Å². The second-order valence-electron chi connectivity index (χ2n) is 9.13. The molecule has 36 heavy (non-hydrogen) atoms. The summed E-state index contributed by atoms with van der Waals surface area (Å²) in [5.74, 6) is -1.26. The summed E-state index contributed by atoms with van der Waals surface area (Å²) in [6, 6.07) is 9.76. The van der Waals surface area contributed by atoms with Gasteiger partial charge < -0.3 is 14.5 Å². The Kier molecular flexibility index (Phi) is 6.62. The largest absolute Gasteiger partial charge is 0.435 e. The number of rotatable bonds is 5. The number of nitrogens with zero attached hydrogens (tertiary/aromatic N) is 5. The summed E-state index contributed by atoms with van der Waals surface area (Å²) in [6.07, 6.45) is 0.353. The summed E-state index contributed by atoms with van der Waals surface area (Å²) >= 11 is 0. The molecule has 0 bridgehead atoms. The zero-order valence-corrected chi connectivity index (χ0v) is 20.9. The van der Waals surface area contributed by atoms with Gasteiger partial charge in [0.2, 0.25) is 21.9 Å². The topological polar surface area (TPSA) is 78.9 Å². The Balaban J connectivity index is 1.53. The lowest BCUT2D eigenvalue weighted by atomic mass is 10.1. The van der Waals surface area contributed by atoms with Crippen LogP contribution in [0.4, 0.5) is 14.7 Å². The van der Waals surface area contributed by atoms with Gasteiger partial charge in [0, 0.05) is 51.8 Å². The second-order valence-corrected chi connectivity index (χ2v) is 11.1. The number of ether oxygens (including phenoxy) is 1. The minimum atomic E-state index is -3.78. The molecular formula is C25H27F2N5O3S. The Morgan fingerprint density at radius 3 is 2.47 bits per heavy atom. The highest BCUT2D eigenvalue weighted by Crippen LogP contribution is 2.34. The first-order valence-electron chi connectivity index (χ1n) is 11.7. The molecular weight excluding hydrogens is 488 g/mol. The Morgan fingerprint density at radius 2 is 1.75 bits per heavy atom. The van der Waals surface area contributed by atoms with Crippen molar-refractivity contribution in [2.24, 2.45) is 0 Å². The van der Waals surface area contributed by atoms with Gasteiger partial charge in [-0.05, 0) is 43.8 Å². The molecule has 0 spiro atoms. The SMILES string of the molecule is Cc1cccc(S(=O)(=O)N2CCc3nc(N4CCN(C)CC4)nc(Oc4ccc(F)cc4F)c3C2)c1. The van der Waals surface area contributed by atoms with Crippen molar-refractivity contribution in [1.82, 2.24) is 19.2 Å². The van der Waals surface area contributed by atoms with E-state index in [-0.39, 0.29) is 29.6 Å². The van der Waals surface area contributed by atoms with E-state index in [2.05, 4.69) is 9.88 Å². The molecule has 3 aromatic rings. The van der Waals surface area contributed by atoms with E-state index in [1.165, 1.54) is 10.4 Å². The molecule has 0 amide bonds. The highest BCUT2D eigenvalue weighted by molar-refractivity contribution is 7.89. The lowest BCUT2D eigenvalue weighted by Gasteiger charge is -2.34. The third-order valence-electron chi connectivity index (χ3n) is 6.49. The number of hydrogen-bond donors (Lipinski definition) is 0. The van der Waals surface area contributed by atoms with Crippen molar-refractivity contribution in [3.05, 3.63) is 70.9 Å². The van der Waals surface area contributed by atoms with E-state index < -0.39 is 21.7 Å². The van der Waals surface area contributed by atoms with Crippen LogP contribution in [-0.4, -0.2) is 67.4 Å². The molecule has 1 fully saturated rings. The van der Waals surface area contributed by atoms with Crippen LogP contribution in [0.25, 0.3) is 0 Å². The number of likely N-dealkylation sites (N-methyl/N-ethyl adjacent to an activating group) is 1. The van der Waals surface area contributed by atoms with E-state index in [4.69, 9.17) is 9.72 Å². The van der Waals surface area contributed by atoms with Gasteiger partial charge in [0.1, 0.15) is 5.82 Å². The maximum Gasteiger partial charge on any atom is 0.243 e. The van der Waals surface area contributed by atoms with Crippen molar-refractivity contribution in [2.75, 3.05) is 44.7 Å². The van der Waals surface area contributed by atoms with Crippen LogP contribution in [0.1, 0.15) is 16.8 Å². The average Bonchev–Trinajstić information content (AvgIpc) is 2.85. The van der Waals surface area contributed by atoms with Gasteiger partial charge in [-0.3, -0.25) is 0 Å². The van der Waals surface area contributed by atoms with Gasteiger partial charge in [-0.1, -0.05) is 12.1 Å². The Morgan fingerprint density at radius 1 is 0.972 bits per heavy atom. The highest BCUT2D eigenvalue weighted by Gasteiger charge is 2.33. The van der Waals surface area contributed by atoms with Crippen LogP contribution in [0.15, 0.2) is 47.4 Å². The molecule has 5 rings (SSSR count). The molecule has 2 aliphatic heterocycles. The minimum Gasteiger partial charge on any atom is -0.435 e. The van der Waals surface area contributed by atoms with Gasteiger partial charge in [0.15, 0.2) is 11.6 Å². The molecule has 2 aromatic carbocycles. The molecule has 0 atom stereocenters. The smallest absolute Gasteiger partial charge is 0.243 e. The Hall–Kier alpha value is -3.15. The Bertz CT molecular complexity index is 1390. The predicted octanol–water partition coefficient (Wildman–Crippen LogP) is 3.35. The number of fused-ring (bicyclic) bond motifs is 1. The molecule has 3 heterocycles. The number of anilines is 1. The summed E-state index contributed by atoms with van der Waals surface area (Å²) in [6.45, 7) is 5.17. The lowest BCUT2D eigenvalue weighted by molar-refractivity contribution is 0.309. The number of halogens is 2. The number of aromatic nitrogens is 2. The maximum atomic E-state index is 14.5. The van der Waals surface area contributed by atoms with E-state index in [1.54, 1.807) is 18.2 Å². The molecule has 2 aliphatic rings. The molecule has 0 N–H and O–H groups in total. The fourth-order valence-electron chi connectivity index (χ4n) is 4.37. The van der Waals surface area contributed by atoms with Crippen LogP contribution in [0, 0.1) is 18.6 Å². The number of aryl methyl sites for hydroxylation is 1. The van der Waals surface area contributed by atoms with E-state index >= 15 is 0 Å². The van der Waals surface area contributed by atoms with Gasteiger partial charge in [-0.25, -0.2) is 22.2 Å². The number of sulfonamides is 1. The zero-order chi connectivity index (χ0) is 25.4. The third kappa shape index (κ3) is 4.91. The summed E-state index contributed by atoms with van der Waals surface area (Å²) in [4.78, 5) is 13.8. The van der Waals surface area contributed by atoms with E-state index in [0.29, 0.717) is 36.7 Å². The first-order valence-corrected chi connectivity index (χ1v) is 13.2. The summed E-state index contributed by atoms with van der Waals surface area (Å²) < 4.78 is 61.9. The van der Waals surface area contributed by atoms with E-state index in [0.717, 1.165) is 30.8 Å². The van der Waals surface area contributed by atoms with E-state index in [9.17, 15) is 17.2 Å². The molecule has 190 valence electrons. The van der Waals surface area contributed by atoms with Crippen LogP contribution >= 0.6 is 0 Å². The lowest BCUT2D eigenvalue weighted by Crippen LogP contribution is -2.45. The summed E-state index contributed by atoms with van der Waals surface area (Å²) in [5, 5.41) is 0. The fourth-order valence-corrected chi connectivity index (χ4v) is 5.89. The first-order chi connectivity index (χ1) is 17.2. The third-order valence-corrected chi connectivity index (χ3v) is 8.33. The molecule has 0 saturated carbocycles. The Labute approximate surface area is 209 Å². The van der Waals surface area contributed by atoms with Gasteiger partial charge in [-0.2, -0.15) is 9.29 Å². The van der Waals surface area contributed by atoms with Crippen LogP contribution in [-0.2, 0) is 23.0 Å². The highest BCUT2D eigenvalue weighted by atomic mass is 32.2. The van der Waals surface area contributed by atoms with Crippen LogP contribution < -0.4 is 9.64 Å². The molecule has 11 heteroatoms. The van der Waals surface area contributed by atoms with Crippen molar-refractivity contribution in [3.63, 3.8) is 0 Å². The first kappa shape index (κ1) is 24.5. The van der Waals surface area contributed by atoms with Crippen LogP contribution in [0.5, 0.6) is 11.6 Å². The molecule has 0 unspecified atom stereocenters. The monoisotopic (exact) mass is 515 g/mol. The van der Waals surface area contributed by atoms with Crippen molar-refractivity contribution >= 4 is 16.0 Å². The van der Waals surface area contributed by atoms with Gasteiger partial charge >= 0.3 is 0 Å². The van der Waals surface area contributed by atoms with Crippen LogP contribution in [0.3, 0.4) is 0 Å². The van der Waals surface area contributed by atoms with E-state index in [1.807, 2.05) is 24.9 Å². The number of piperazine rings is 1. The number of benzene rings is 2. The summed E-state index contributed by atoms with van der Waals surface area (Å²) in [5.41, 5.74) is 1.97. The predicted molar refractivity (Wildman–Crippen MR) is 131 cm³/mol. The molecule has 8 nitrogen and oxygen atoms in total. The van der Waals surface area contributed by atoms with Crippen molar-refractivity contribution in [3.8, 4) is 11.6 Å². The number of hydrogen-bond acceptors (Lipinski definition) is 7. The normalized spacial score (nSPS) is 17.2. The summed E-state index contributed by atoms with van der Waals surface area (Å²) in [7, 11) is -1.74. The van der Waals surface area contributed by atoms with Crippen LogP contribution in [0.2, 0.25) is 0 Å². The molecule has 0 aliphatic carbocycles. The average molecular weight is 516 g/mol. The van der Waals surface area contributed by atoms with Crippen molar-refractivity contribution in [1.29, 1.82) is 0 Å². The zero-order valence-electron chi connectivity index (χ0n) is 20.1. The van der Waals surface area contributed by atoms with Gasteiger partial charge in [0.25, 0.3) is 0 Å². The second kappa shape index (κ2) is 9.72. The quantitative estimate of drug-likeness (QED) is 0.516. The maximum absolute atomic E-state index is 14.5. The molecule has 1 saturated heterocycles. The fraction of sp³-hybridized carbons (Fsp3) is 0.360. The molecule has 1 aromatic heterocycles. The van der Waals surface area contributed by atoms with Gasteiger partial charge in [-0.15, -0.1) is 0 Å². The van der Waals surface area contributed by atoms with Crippen molar-refractivity contribution < 1.29 is 21.9 Å². The minimum absolute atomic E-state index is 0.0211. The standard InChI is InChI=1S/C25H27F2N5O3S/c1-17-4-3-5-19(14-17)36(33,34)32-9-8-22-20(16-32)24(35-23-7-6-18(26)15-21(23)27)29-25(28-22)31-12-10-30(2)11-13-31/h3-7,14-15H,8-13,16H2,1-2H3. The molecule has 0 radical (unpaired) electrons.